The predicted molar refractivity (Wildman–Crippen MR) is 74.5 cm³/mol. The predicted octanol–water partition coefficient (Wildman–Crippen LogP) is 1.95. The van der Waals surface area contributed by atoms with Crippen LogP contribution in [0, 0.1) is 0 Å². The van der Waals surface area contributed by atoms with Gasteiger partial charge < -0.3 is 5.32 Å². The summed E-state index contributed by atoms with van der Waals surface area (Å²) in [5.41, 5.74) is 1.27. The zero-order valence-electron chi connectivity index (χ0n) is 11.9. The zero-order chi connectivity index (χ0) is 13.0. The van der Waals surface area contributed by atoms with Crippen LogP contribution in [0.3, 0.4) is 0 Å². The van der Waals surface area contributed by atoms with Gasteiger partial charge in [-0.25, -0.2) is 0 Å². The van der Waals surface area contributed by atoms with E-state index in [9.17, 15) is 0 Å². The maximum Gasteiger partial charge on any atom is 0.0537 e. The molecule has 0 aromatic carbocycles. The molecule has 1 fully saturated rings. The monoisotopic (exact) mass is 250 g/mol. The SMILES string of the molecule is CC(NCC(C)N1CCCCC1)c1cnn(C)c1. The molecule has 1 N–H and O–H groups in total. The highest BCUT2D eigenvalue weighted by Crippen LogP contribution is 2.14. The van der Waals surface area contributed by atoms with Crippen molar-refractivity contribution in [1.29, 1.82) is 0 Å². The Kier molecular flexibility index (Phi) is 4.78. The highest BCUT2D eigenvalue weighted by Gasteiger charge is 2.17. The van der Waals surface area contributed by atoms with Crippen LogP contribution in [0.4, 0.5) is 0 Å². The van der Waals surface area contributed by atoms with Gasteiger partial charge in [-0.1, -0.05) is 6.42 Å². The van der Waals surface area contributed by atoms with Crippen LogP contribution in [0.15, 0.2) is 12.4 Å². The molecule has 2 unspecified atom stereocenters. The van der Waals surface area contributed by atoms with Crippen LogP contribution in [0.5, 0.6) is 0 Å². The van der Waals surface area contributed by atoms with E-state index in [0.29, 0.717) is 12.1 Å². The molecular weight excluding hydrogens is 224 g/mol. The van der Waals surface area contributed by atoms with Gasteiger partial charge in [0.15, 0.2) is 0 Å². The normalized spacial score (nSPS) is 20.8. The number of nitrogens with one attached hydrogen (secondary N) is 1. The Morgan fingerprint density at radius 3 is 2.61 bits per heavy atom. The second kappa shape index (κ2) is 6.34. The van der Waals surface area contributed by atoms with Crippen molar-refractivity contribution in [2.45, 2.75) is 45.2 Å². The zero-order valence-corrected chi connectivity index (χ0v) is 11.9. The molecule has 18 heavy (non-hydrogen) atoms. The van der Waals surface area contributed by atoms with Gasteiger partial charge in [0.2, 0.25) is 0 Å². The number of aryl methyl sites for hydroxylation is 1. The molecule has 0 bridgehead atoms. The van der Waals surface area contributed by atoms with Crippen molar-refractivity contribution in [3.05, 3.63) is 18.0 Å². The lowest BCUT2D eigenvalue weighted by Gasteiger charge is -2.33. The Morgan fingerprint density at radius 1 is 1.28 bits per heavy atom. The third-order valence-corrected chi connectivity index (χ3v) is 3.96. The highest BCUT2D eigenvalue weighted by molar-refractivity contribution is 5.08. The molecule has 1 aliphatic rings. The molecule has 4 heteroatoms. The minimum atomic E-state index is 0.381. The van der Waals surface area contributed by atoms with Crippen LogP contribution in [0.2, 0.25) is 0 Å². The fraction of sp³-hybridized carbons (Fsp3) is 0.786. The van der Waals surface area contributed by atoms with Crippen LogP contribution < -0.4 is 5.32 Å². The van der Waals surface area contributed by atoms with Crippen molar-refractivity contribution < 1.29 is 0 Å². The highest BCUT2D eigenvalue weighted by atomic mass is 15.2. The molecule has 1 saturated heterocycles. The topological polar surface area (TPSA) is 33.1 Å². The van der Waals surface area contributed by atoms with E-state index in [1.807, 2.05) is 17.9 Å². The number of aromatic nitrogens is 2. The summed E-state index contributed by atoms with van der Waals surface area (Å²) < 4.78 is 1.86. The van der Waals surface area contributed by atoms with E-state index in [0.717, 1.165) is 6.54 Å². The number of hydrogen-bond acceptors (Lipinski definition) is 3. The van der Waals surface area contributed by atoms with Crippen molar-refractivity contribution in [2.75, 3.05) is 19.6 Å². The first-order valence-electron chi connectivity index (χ1n) is 7.13. The van der Waals surface area contributed by atoms with Crippen molar-refractivity contribution in [3.63, 3.8) is 0 Å². The summed E-state index contributed by atoms with van der Waals surface area (Å²) in [6.45, 7) is 8.12. The van der Waals surface area contributed by atoms with Crippen molar-refractivity contribution in [3.8, 4) is 0 Å². The lowest BCUT2D eigenvalue weighted by atomic mass is 10.1. The molecule has 2 heterocycles. The molecule has 0 spiro atoms. The van der Waals surface area contributed by atoms with Crippen molar-refractivity contribution in [2.24, 2.45) is 7.05 Å². The first-order chi connectivity index (χ1) is 8.66. The van der Waals surface area contributed by atoms with Gasteiger partial charge in [-0.3, -0.25) is 9.58 Å². The molecule has 1 aromatic heterocycles. The number of piperidine rings is 1. The van der Waals surface area contributed by atoms with E-state index in [4.69, 9.17) is 0 Å². The molecule has 4 nitrogen and oxygen atoms in total. The second-order valence-corrected chi connectivity index (χ2v) is 5.52. The summed E-state index contributed by atoms with van der Waals surface area (Å²) in [5.74, 6) is 0. The summed E-state index contributed by atoms with van der Waals surface area (Å²) >= 11 is 0. The quantitative estimate of drug-likeness (QED) is 0.867. The van der Waals surface area contributed by atoms with Crippen LogP contribution in [0.25, 0.3) is 0 Å². The summed E-state index contributed by atoms with van der Waals surface area (Å²) in [6, 6.07) is 1.01. The van der Waals surface area contributed by atoms with Crippen LogP contribution >= 0.6 is 0 Å². The van der Waals surface area contributed by atoms with Gasteiger partial charge in [-0.15, -0.1) is 0 Å². The smallest absolute Gasteiger partial charge is 0.0537 e. The second-order valence-electron chi connectivity index (χ2n) is 5.52. The summed E-state index contributed by atoms with van der Waals surface area (Å²) in [5, 5.41) is 7.84. The number of hydrogen-bond donors (Lipinski definition) is 1. The fourth-order valence-electron chi connectivity index (χ4n) is 2.62. The maximum atomic E-state index is 4.22. The summed E-state index contributed by atoms with van der Waals surface area (Å²) in [7, 11) is 1.96. The molecule has 0 aliphatic carbocycles. The van der Waals surface area contributed by atoms with Crippen molar-refractivity contribution >= 4 is 0 Å². The molecule has 1 aliphatic heterocycles. The third kappa shape index (κ3) is 3.56. The minimum absolute atomic E-state index is 0.381. The van der Waals surface area contributed by atoms with E-state index >= 15 is 0 Å². The Labute approximate surface area is 110 Å². The van der Waals surface area contributed by atoms with Gasteiger partial charge in [0.1, 0.15) is 0 Å². The number of likely N-dealkylation sites (tertiary alicyclic amines) is 1. The van der Waals surface area contributed by atoms with Gasteiger partial charge in [-0.2, -0.15) is 5.10 Å². The molecule has 0 radical (unpaired) electrons. The molecule has 0 amide bonds. The first-order valence-corrected chi connectivity index (χ1v) is 7.13. The maximum absolute atomic E-state index is 4.22. The summed E-state index contributed by atoms with van der Waals surface area (Å²) in [4.78, 5) is 2.60. The van der Waals surface area contributed by atoms with E-state index in [2.05, 4.69) is 35.4 Å². The molecule has 102 valence electrons. The lowest BCUT2D eigenvalue weighted by molar-refractivity contribution is 0.168. The standard InChI is InChI=1S/C14H26N4/c1-12(18-7-5-4-6-8-18)9-15-13(2)14-10-16-17(3)11-14/h10-13,15H,4-9H2,1-3H3. The van der Waals surface area contributed by atoms with E-state index in [1.54, 1.807) is 0 Å². The average Bonchev–Trinajstić information content (AvgIpc) is 2.83. The third-order valence-electron chi connectivity index (χ3n) is 3.96. The molecule has 2 rings (SSSR count). The van der Waals surface area contributed by atoms with Crippen molar-refractivity contribution in [1.82, 2.24) is 20.0 Å². The Hall–Kier alpha value is -0.870. The molecule has 2 atom stereocenters. The van der Waals surface area contributed by atoms with Crippen LogP contribution in [0.1, 0.15) is 44.7 Å². The summed E-state index contributed by atoms with van der Waals surface area (Å²) in [6.07, 6.45) is 8.17. The first kappa shape index (κ1) is 13.6. The Balaban J connectivity index is 1.76. The number of rotatable bonds is 5. The van der Waals surface area contributed by atoms with Gasteiger partial charge in [0.25, 0.3) is 0 Å². The van der Waals surface area contributed by atoms with E-state index in [1.165, 1.54) is 37.9 Å². The van der Waals surface area contributed by atoms with Crippen LogP contribution in [-0.2, 0) is 7.05 Å². The van der Waals surface area contributed by atoms with Crippen LogP contribution in [-0.4, -0.2) is 40.4 Å². The van der Waals surface area contributed by atoms with Gasteiger partial charge in [0, 0.05) is 37.4 Å². The lowest BCUT2D eigenvalue weighted by Crippen LogP contribution is -2.43. The van der Waals surface area contributed by atoms with E-state index < -0.39 is 0 Å². The number of nitrogens with zero attached hydrogens (tertiary/aromatic N) is 3. The Morgan fingerprint density at radius 2 is 2.00 bits per heavy atom. The van der Waals surface area contributed by atoms with Gasteiger partial charge in [-0.05, 0) is 39.8 Å². The van der Waals surface area contributed by atoms with Gasteiger partial charge in [0.05, 0.1) is 6.20 Å². The molecule has 0 saturated carbocycles. The van der Waals surface area contributed by atoms with E-state index in [-0.39, 0.29) is 0 Å². The molecule has 1 aromatic rings. The fourth-order valence-corrected chi connectivity index (χ4v) is 2.62. The minimum Gasteiger partial charge on any atom is -0.309 e. The average molecular weight is 250 g/mol. The van der Waals surface area contributed by atoms with Gasteiger partial charge >= 0.3 is 0 Å². The largest absolute Gasteiger partial charge is 0.309 e. The molecular formula is C14H26N4. The Bertz CT molecular complexity index is 354.